The molecule has 0 unspecified atom stereocenters. The standard InChI is InChI=1S/C19H21Cl2NO5S2/c1-13-11-19(18(21)12-17(13)20)29(25,26)22-9-7-16(8-10-22)28(23,24)15-5-3-14(27-2)4-6-15/h3-6,11-12,16H,7-10H2,1-2H3. The summed E-state index contributed by atoms with van der Waals surface area (Å²) in [7, 11) is -5.90. The van der Waals surface area contributed by atoms with Gasteiger partial charge in [-0.15, -0.1) is 0 Å². The fraction of sp³-hybridized carbons (Fsp3) is 0.368. The molecule has 6 nitrogen and oxygen atoms in total. The van der Waals surface area contributed by atoms with Crippen LogP contribution < -0.4 is 4.74 Å². The molecule has 10 heteroatoms. The van der Waals surface area contributed by atoms with Crippen LogP contribution in [0.4, 0.5) is 0 Å². The number of hydrogen-bond donors (Lipinski definition) is 0. The molecule has 0 atom stereocenters. The fourth-order valence-electron chi connectivity index (χ4n) is 3.31. The number of sulfonamides is 1. The third kappa shape index (κ3) is 4.41. The molecule has 158 valence electrons. The van der Waals surface area contributed by atoms with Crippen LogP contribution in [0.3, 0.4) is 0 Å². The second-order valence-corrected chi connectivity index (χ2v) is 11.8. The number of benzene rings is 2. The molecule has 0 bridgehead atoms. The quantitative estimate of drug-likeness (QED) is 0.651. The summed E-state index contributed by atoms with van der Waals surface area (Å²) in [6.07, 6.45) is 0.412. The van der Waals surface area contributed by atoms with Crippen molar-refractivity contribution in [3.8, 4) is 5.75 Å². The monoisotopic (exact) mass is 477 g/mol. The van der Waals surface area contributed by atoms with E-state index >= 15 is 0 Å². The molecule has 1 aliphatic rings. The molecule has 1 heterocycles. The maximum atomic E-state index is 13.0. The predicted octanol–water partition coefficient (Wildman–Crippen LogP) is 3.94. The molecule has 1 aliphatic heterocycles. The lowest BCUT2D eigenvalue weighted by molar-refractivity contribution is 0.345. The van der Waals surface area contributed by atoms with E-state index in [1.807, 2.05) is 0 Å². The third-order valence-electron chi connectivity index (χ3n) is 5.06. The van der Waals surface area contributed by atoms with E-state index in [2.05, 4.69) is 0 Å². The lowest BCUT2D eigenvalue weighted by atomic mass is 10.2. The fourth-order valence-corrected chi connectivity index (χ4v) is 7.32. The SMILES string of the molecule is COc1ccc(S(=O)(=O)C2CCN(S(=O)(=O)c3cc(C)c(Cl)cc3Cl)CC2)cc1. The Balaban J connectivity index is 1.78. The van der Waals surface area contributed by atoms with Gasteiger partial charge in [-0.05, 0) is 61.7 Å². The van der Waals surface area contributed by atoms with E-state index < -0.39 is 25.1 Å². The van der Waals surface area contributed by atoms with E-state index in [0.717, 1.165) is 0 Å². The van der Waals surface area contributed by atoms with Crippen molar-refractivity contribution >= 4 is 43.1 Å². The van der Waals surface area contributed by atoms with Gasteiger partial charge in [0, 0.05) is 18.1 Å². The summed E-state index contributed by atoms with van der Waals surface area (Å²) in [5.41, 5.74) is 0.603. The first-order chi connectivity index (χ1) is 13.6. The number of nitrogens with zero attached hydrogens (tertiary/aromatic N) is 1. The highest BCUT2D eigenvalue weighted by Gasteiger charge is 2.36. The third-order valence-corrected chi connectivity index (χ3v) is 10.1. The van der Waals surface area contributed by atoms with Crippen molar-refractivity contribution in [2.45, 2.75) is 34.8 Å². The normalized spacial score (nSPS) is 16.7. The molecular weight excluding hydrogens is 457 g/mol. The summed E-state index contributed by atoms with van der Waals surface area (Å²) in [6, 6.07) is 9.06. The van der Waals surface area contributed by atoms with Crippen molar-refractivity contribution in [2.75, 3.05) is 20.2 Å². The Hall–Kier alpha value is -1.32. The molecule has 0 aliphatic carbocycles. The maximum absolute atomic E-state index is 13.0. The molecule has 2 aromatic carbocycles. The number of rotatable bonds is 5. The van der Waals surface area contributed by atoms with E-state index in [4.69, 9.17) is 27.9 Å². The van der Waals surface area contributed by atoms with Crippen LogP contribution >= 0.6 is 23.2 Å². The van der Waals surface area contributed by atoms with Crippen LogP contribution in [0.1, 0.15) is 18.4 Å². The summed E-state index contributed by atoms with van der Waals surface area (Å²) in [5, 5.41) is -0.211. The van der Waals surface area contributed by atoms with Gasteiger partial charge in [-0.2, -0.15) is 4.31 Å². The summed E-state index contributed by atoms with van der Waals surface area (Å²) < 4.78 is 58.2. The summed E-state index contributed by atoms with van der Waals surface area (Å²) >= 11 is 12.1. The molecule has 3 rings (SSSR count). The Kier molecular flexibility index (Phi) is 6.50. The highest BCUT2D eigenvalue weighted by atomic mass is 35.5. The van der Waals surface area contributed by atoms with Crippen LogP contribution in [0.5, 0.6) is 5.75 Å². The molecule has 0 spiro atoms. The summed E-state index contributed by atoms with van der Waals surface area (Å²) in [6.45, 7) is 1.89. The van der Waals surface area contributed by atoms with Crippen LogP contribution in [0.25, 0.3) is 0 Å². The van der Waals surface area contributed by atoms with Gasteiger partial charge < -0.3 is 4.74 Å². The Morgan fingerprint density at radius 2 is 1.55 bits per heavy atom. The predicted molar refractivity (Wildman–Crippen MR) is 113 cm³/mol. The van der Waals surface area contributed by atoms with E-state index in [0.29, 0.717) is 16.3 Å². The molecule has 0 radical (unpaired) electrons. The molecular formula is C19H21Cl2NO5S2. The largest absolute Gasteiger partial charge is 0.497 e. The first-order valence-electron chi connectivity index (χ1n) is 8.91. The molecule has 0 aromatic heterocycles. The zero-order valence-corrected chi connectivity index (χ0v) is 19.1. The summed E-state index contributed by atoms with van der Waals surface area (Å²) in [4.78, 5) is 0.188. The van der Waals surface area contributed by atoms with Crippen molar-refractivity contribution in [1.29, 1.82) is 0 Å². The number of ether oxygens (including phenoxy) is 1. The van der Waals surface area contributed by atoms with Gasteiger partial charge in [-0.25, -0.2) is 16.8 Å². The number of sulfone groups is 1. The maximum Gasteiger partial charge on any atom is 0.244 e. The van der Waals surface area contributed by atoms with Crippen LogP contribution in [0.15, 0.2) is 46.2 Å². The van der Waals surface area contributed by atoms with Crippen molar-refractivity contribution in [1.82, 2.24) is 4.31 Å². The van der Waals surface area contributed by atoms with Crippen LogP contribution in [-0.4, -0.2) is 46.6 Å². The minimum atomic E-state index is -3.84. The van der Waals surface area contributed by atoms with E-state index in [-0.39, 0.29) is 40.7 Å². The topological polar surface area (TPSA) is 80.8 Å². The van der Waals surface area contributed by atoms with E-state index in [9.17, 15) is 16.8 Å². The van der Waals surface area contributed by atoms with Crippen molar-refractivity contribution in [3.05, 3.63) is 52.0 Å². The van der Waals surface area contributed by atoms with Crippen molar-refractivity contribution < 1.29 is 21.6 Å². The summed E-state index contributed by atoms with van der Waals surface area (Å²) in [5.74, 6) is 0.569. The molecule has 1 saturated heterocycles. The Morgan fingerprint density at radius 3 is 2.10 bits per heavy atom. The minimum absolute atomic E-state index is 0.0162. The molecule has 29 heavy (non-hydrogen) atoms. The zero-order chi connectivity index (χ0) is 21.4. The molecule has 0 N–H and O–H groups in total. The average Bonchev–Trinajstić information content (AvgIpc) is 2.70. The number of aryl methyl sites for hydroxylation is 1. The minimum Gasteiger partial charge on any atom is -0.497 e. The number of hydrogen-bond acceptors (Lipinski definition) is 5. The van der Waals surface area contributed by atoms with Gasteiger partial charge in [0.05, 0.1) is 22.3 Å². The van der Waals surface area contributed by atoms with Gasteiger partial charge in [0.2, 0.25) is 10.0 Å². The van der Waals surface area contributed by atoms with E-state index in [1.54, 1.807) is 19.1 Å². The Labute approximate surface area is 181 Å². The zero-order valence-electron chi connectivity index (χ0n) is 15.9. The van der Waals surface area contributed by atoms with Gasteiger partial charge in [-0.3, -0.25) is 0 Å². The first kappa shape index (κ1) is 22.4. The van der Waals surface area contributed by atoms with Crippen LogP contribution in [-0.2, 0) is 19.9 Å². The Bertz CT molecular complexity index is 1110. The highest BCUT2D eigenvalue weighted by Crippen LogP contribution is 2.33. The van der Waals surface area contributed by atoms with Crippen molar-refractivity contribution in [3.63, 3.8) is 0 Å². The van der Waals surface area contributed by atoms with Crippen molar-refractivity contribution in [2.24, 2.45) is 0 Å². The smallest absolute Gasteiger partial charge is 0.244 e. The lowest BCUT2D eigenvalue weighted by Gasteiger charge is -2.31. The van der Waals surface area contributed by atoms with Crippen LogP contribution in [0, 0.1) is 6.92 Å². The second-order valence-electron chi connectivity index (χ2n) is 6.86. The van der Waals surface area contributed by atoms with Gasteiger partial charge >= 0.3 is 0 Å². The van der Waals surface area contributed by atoms with Gasteiger partial charge in [0.1, 0.15) is 10.6 Å². The second kappa shape index (κ2) is 8.43. The number of piperidine rings is 1. The Morgan fingerprint density at radius 1 is 0.966 bits per heavy atom. The molecule has 0 amide bonds. The number of halogens is 2. The van der Waals surface area contributed by atoms with Gasteiger partial charge in [0.25, 0.3) is 0 Å². The van der Waals surface area contributed by atoms with Crippen LogP contribution in [0.2, 0.25) is 10.0 Å². The number of methoxy groups -OCH3 is 1. The molecule has 0 saturated carbocycles. The average molecular weight is 478 g/mol. The lowest BCUT2D eigenvalue weighted by Crippen LogP contribution is -2.42. The highest BCUT2D eigenvalue weighted by molar-refractivity contribution is 7.92. The first-order valence-corrected chi connectivity index (χ1v) is 12.7. The van der Waals surface area contributed by atoms with Gasteiger partial charge in [-0.1, -0.05) is 23.2 Å². The molecule has 2 aromatic rings. The van der Waals surface area contributed by atoms with E-state index in [1.165, 1.54) is 35.7 Å². The molecule has 1 fully saturated rings. The van der Waals surface area contributed by atoms with Gasteiger partial charge in [0.15, 0.2) is 9.84 Å².